The minimum atomic E-state index is -0.535. The van der Waals surface area contributed by atoms with Gasteiger partial charge in [-0.3, -0.25) is 9.59 Å². The lowest BCUT2D eigenvalue weighted by Gasteiger charge is -2.15. The molecule has 8 nitrogen and oxygen atoms in total. The smallest absolute Gasteiger partial charge is 0.274 e. The Morgan fingerprint density at radius 2 is 2.03 bits per heavy atom. The molecule has 33 heavy (non-hydrogen) atoms. The molecule has 0 bridgehead atoms. The van der Waals surface area contributed by atoms with E-state index in [9.17, 15) is 9.59 Å². The molecule has 1 aromatic carbocycles. The number of benzene rings is 1. The number of carbonyl (C=O) groups is 2. The normalized spacial score (nSPS) is 10.5. The summed E-state index contributed by atoms with van der Waals surface area (Å²) < 4.78 is 6.79. The number of nitrogens with zero attached hydrogens (tertiary/aromatic N) is 3. The highest BCUT2D eigenvalue weighted by molar-refractivity contribution is 6.32. The van der Waals surface area contributed by atoms with Gasteiger partial charge in [0.25, 0.3) is 11.8 Å². The van der Waals surface area contributed by atoms with Crippen LogP contribution in [-0.2, 0) is 0 Å². The summed E-state index contributed by atoms with van der Waals surface area (Å²) in [6.45, 7) is 8.00. The van der Waals surface area contributed by atoms with Crippen molar-refractivity contribution >= 4 is 40.7 Å². The van der Waals surface area contributed by atoms with E-state index in [0.29, 0.717) is 27.8 Å². The molecular formula is C23H23Cl2N5O3. The highest BCUT2D eigenvalue weighted by Gasteiger charge is 2.23. The fourth-order valence-corrected chi connectivity index (χ4v) is 3.50. The topological polar surface area (TPSA) is 98.1 Å². The molecule has 0 radical (unpaired) electrons. The van der Waals surface area contributed by atoms with Crippen LogP contribution in [0.4, 0.5) is 5.69 Å². The monoisotopic (exact) mass is 487 g/mol. The highest BCUT2D eigenvalue weighted by atomic mass is 35.5. The molecule has 2 aromatic heterocycles. The largest absolute Gasteiger partial charge is 0.472 e. The second kappa shape index (κ2) is 11.0. The molecular weight excluding hydrogens is 465 g/mol. The maximum Gasteiger partial charge on any atom is 0.274 e. The number of pyridine rings is 1. The number of ether oxygens (including phenoxy) is 1. The van der Waals surface area contributed by atoms with Gasteiger partial charge in [-0.1, -0.05) is 42.8 Å². The number of amides is 2. The number of nitrogens with one attached hydrogen (secondary N) is 2. The molecule has 0 fully saturated rings. The van der Waals surface area contributed by atoms with Gasteiger partial charge in [0, 0.05) is 23.8 Å². The number of halogens is 2. The van der Waals surface area contributed by atoms with Crippen LogP contribution in [0, 0.1) is 6.92 Å². The first kappa shape index (κ1) is 24.3. The van der Waals surface area contributed by atoms with Crippen LogP contribution in [0.1, 0.15) is 39.8 Å². The van der Waals surface area contributed by atoms with Gasteiger partial charge in [0.2, 0.25) is 5.88 Å². The third kappa shape index (κ3) is 5.71. The zero-order chi connectivity index (χ0) is 24.0. The molecule has 0 atom stereocenters. The van der Waals surface area contributed by atoms with Gasteiger partial charge in [0.1, 0.15) is 12.3 Å². The molecule has 3 rings (SSSR count). The summed E-state index contributed by atoms with van der Waals surface area (Å²) in [5.74, 6) is -0.427. The molecule has 0 unspecified atom stereocenters. The Morgan fingerprint density at radius 3 is 2.73 bits per heavy atom. The fraction of sp³-hybridized carbons (Fsp3) is 0.217. The lowest BCUT2D eigenvalue weighted by atomic mass is 10.1. The van der Waals surface area contributed by atoms with Crippen LogP contribution in [0.2, 0.25) is 10.0 Å². The fourth-order valence-electron chi connectivity index (χ4n) is 3.03. The first-order chi connectivity index (χ1) is 15.8. The predicted molar refractivity (Wildman–Crippen MR) is 129 cm³/mol. The molecule has 0 saturated carbocycles. The Labute approximate surface area is 201 Å². The van der Waals surface area contributed by atoms with Crippen LogP contribution in [0.5, 0.6) is 5.88 Å². The molecule has 2 N–H and O–H groups in total. The Morgan fingerprint density at radius 1 is 1.24 bits per heavy atom. The van der Waals surface area contributed by atoms with Crippen molar-refractivity contribution < 1.29 is 14.3 Å². The first-order valence-electron chi connectivity index (χ1n) is 10.2. The summed E-state index contributed by atoms with van der Waals surface area (Å²) >= 11 is 12.5. The number of aromatic nitrogens is 3. The van der Waals surface area contributed by atoms with Crippen LogP contribution >= 0.6 is 23.2 Å². The van der Waals surface area contributed by atoms with E-state index in [1.165, 1.54) is 23.0 Å². The van der Waals surface area contributed by atoms with Gasteiger partial charge >= 0.3 is 0 Å². The van der Waals surface area contributed by atoms with Crippen LogP contribution in [0.15, 0.2) is 49.2 Å². The summed E-state index contributed by atoms with van der Waals surface area (Å²) in [5, 5.41) is 10.6. The van der Waals surface area contributed by atoms with Crippen molar-refractivity contribution in [3.63, 3.8) is 0 Å². The summed E-state index contributed by atoms with van der Waals surface area (Å²) in [4.78, 5) is 30.3. The highest BCUT2D eigenvalue weighted by Crippen LogP contribution is 2.28. The van der Waals surface area contributed by atoms with Crippen molar-refractivity contribution in [2.75, 3.05) is 18.5 Å². The first-order valence-corrected chi connectivity index (χ1v) is 11.0. The van der Waals surface area contributed by atoms with E-state index in [-0.39, 0.29) is 35.5 Å². The van der Waals surface area contributed by atoms with Gasteiger partial charge in [-0.25, -0.2) is 9.67 Å². The van der Waals surface area contributed by atoms with E-state index in [0.717, 1.165) is 6.42 Å². The molecule has 3 aromatic rings. The zero-order valence-electron chi connectivity index (χ0n) is 18.2. The van der Waals surface area contributed by atoms with Crippen molar-refractivity contribution in [2.45, 2.75) is 20.3 Å². The van der Waals surface area contributed by atoms with E-state index in [4.69, 9.17) is 27.9 Å². The zero-order valence-corrected chi connectivity index (χ0v) is 19.7. The summed E-state index contributed by atoms with van der Waals surface area (Å²) in [5.41, 5.74) is 1.34. The number of rotatable bonds is 9. The molecule has 2 amide bonds. The second-order valence-corrected chi connectivity index (χ2v) is 7.89. The average molecular weight is 488 g/mol. The quantitative estimate of drug-likeness (QED) is 0.420. The van der Waals surface area contributed by atoms with Crippen molar-refractivity contribution in [1.82, 2.24) is 20.1 Å². The van der Waals surface area contributed by atoms with Crippen LogP contribution in [0.25, 0.3) is 5.82 Å². The van der Waals surface area contributed by atoms with Crippen molar-refractivity contribution in [3.05, 3.63) is 76.0 Å². The van der Waals surface area contributed by atoms with Crippen LogP contribution < -0.4 is 15.4 Å². The lowest BCUT2D eigenvalue weighted by Crippen LogP contribution is -2.26. The Kier molecular flexibility index (Phi) is 8.08. The third-order valence-electron chi connectivity index (χ3n) is 4.53. The summed E-state index contributed by atoms with van der Waals surface area (Å²) in [6.07, 6.45) is 3.86. The Hall–Kier alpha value is -3.36. The Bertz CT molecular complexity index is 1190. The van der Waals surface area contributed by atoms with E-state index >= 15 is 0 Å². The van der Waals surface area contributed by atoms with Gasteiger partial charge in [-0.15, -0.1) is 5.10 Å². The number of hydrogen-bond donors (Lipinski definition) is 2. The number of anilines is 1. The van der Waals surface area contributed by atoms with Crippen LogP contribution in [0.3, 0.4) is 0 Å². The lowest BCUT2D eigenvalue weighted by molar-refractivity contribution is 0.0954. The van der Waals surface area contributed by atoms with E-state index in [2.05, 4.69) is 27.3 Å². The Balaban J connectivity index is 2.03. The number of carbonyl (C=O) groups excluding carboxylic acids is 2. The van der Waals surface area contributed by atoms with E-state index in [1.807, 2.05) is 6.92 Å². The number of aryl methyl sites for hydroxylation is 1. The average Bonchev–Trinajstić information content (AvgIpc) is 3.22. The molecule has 0 aliphatic rings. The van der Waals surface area contributed by atoms with Gasteiger partial charge < -0.3 is 15.4 Å². The van der Waals surface area contributed by atoms with E-state index < -0.39 is 5.91 Å². The summed E-state index contributed by atoms with van der Waals surface area (Å²) in [6, 6.07) is 7.95. The summed E-state index contributed by atoms with van der Waals surface area (Å²) in [7, 11) is 0. The molecule has 10 heteroatoms. The number of hydrogen-bond acceptors (Lipinski definition) is 5. The van der Waals surface area contributed by atoms with Crippen molar-refractivity contribution in [3.8, 4) is 11.7 Å². The standard InChI is InChI=1S/C23H23Cl2N5O3/c1-4-8-27-22(31)16-12-15(24)11-14(3)20(16)28-23(32)18-13-19(33-10-5-2)29-30(18)21-17(25)7-6-9-26-21/h5-7,9,11-13H,2,4,8,10H2,1,3H3,(H,27,31)(H,28,32). The van der Waals surface area contributed by atoms with Crippen molar-refractivity contribution in [1.29, 1.82) is 0 Å². The molecule has 0 saturated heterocycles. The van der Waals surface area contributed by atoms with Gasteiger partial charge in [-0.2, -0.15) is 0 Å². The minimum Gasteiger partial charge on any atom is -0.472 e. The van der Waals surface area contributed by atoms with Gasteiger partial charge in [-0.05, 0) is 43.2 Å². The van der Waals surface area contributed by atoms with E-state index in [1.54, 1.807) is 31.2 Å². The predicted octanol–water partition coefficient (Wildman–Crippen LogP) is 4.84. The molecule has 2 heterocycles. The maximum atomic E-state index is 13.3. The molecule has 0 aliphatic carbocycles. The molecule has 172 valence electrons. The van der Waals surface area contributed by atoms with Gasteiger partial charge in [0.15, 0.2) is 5.82 Å². The van der Waals surface area contributed by atoms with Crippen LogP contribution in [-0.4, -0.2) is 39.7 Å². The second-order valence-electron chi connectivity index (χ2n) is 7.04. The SMILES string of the molecule is C=CCOc1cc(C(=O)Nc2c(C)cc(Cl)cc2C(=O)NCCC)n(-c2ncccc2Cl)n1. The maximum absolute atomic E-state index is 13.3. The third-order valence-corrected chi connectivity index (χ3v) is 5.04. The minimum absolute atomic E-state index is 0.115. The molecule has 0 aliphatic heterocycles. The van der Waals surface area contributed by atoms with Crippen molar-refractivity contribution in [2.24, 2.45) is 0 Å². The van der Waals surface area contributed by atoms with Gasteiger partial charge in [0.05, 0.1) is 16.3 Å². The molecule has 0 spiro atoms.